The molecule has 0 aliphatic carbocycles. The lowest BCUT2D eigenvalue weighted by Crippen LogP contribution is -2.01. The Kier molecular flexibility index (Phi) is 2.99. The van der Waals surface area contributed by atoms with Gasteiger partial charge in [-0.25, -0.2) is 4.63 Å². The highest BCUT2D eigenvalue weighted by molar-refractivity contribution is 5.54. The third kappa shape index (κ3) is 2.38. The van der Waals surface area contributed by atoms with Gasteiger partial charge in [-0.05, 0) is 31.9 Å². The number of nitrogen functional groups attached to an aromatic ring is 1. The summed E-state index contributed by atoms with van der Waals surface area (Å²) in [5.74, 6) is 0.760. The van der Waals surface area contributed by atoms with Crippen LogP contribution in [0.25, 0.3) is 0 Å². The zero-order valence-corrected chi connectivity index (χ0v) is 10.2. The van der Waals surface area contributed by atoms with Gasteiger partial charge in [0.15, 0.2) is 0 Å². The van der Waals surface area contributed by atoms with Crippen LogP contribution in [0.4, 0.5) is 5.69 Å². The zero-order chi connectivity index (χ0) is 12.4. The predicted molar refractivity (Wildman–Crippen MR) is 63.7 cm³/mol. The van der Waals surface area contributed by atoms with Crippen molar-refractivity contribution in [2.24, 2.45) is 0 Å². The minimum absolute atomic E-state index is 0.332. The van der Waals surface area contributed by atoms with Gasteiger partial charge in [-0.1, -0.05) is 16.4 Å². The highest BCUT2D eigenvalue weighted by atomic mass is 16.6. The van der Waals surface area contributed by atoms with Crippen LogP contribution >= 0.6 is 0 Å². The zero-order valence-electron chi connectivity index (χ0n) is 10.2. The van der Waals surface area contributed by atoms with Gasteiger partial charge in [-0.15, -0.1) is 0 Å². The summed E-state index contributed by atoms with van der Waals surface area (Å²) in [4.78, 5) is 0. The molecule has 1 aromatic heterocycles. The minimum atomic E-state index is 0.332. The molecule has 0 amide bonds. The Hall–Kier alpha value is -2.04. The highest BCUT2D eigenvalue weighted by Gasteiger charge is 2.08. The molecule has 0 bridgehead atoms. The molecule has 90 valence electrons. The summed E-state index contributed by atoms with van der Waals surface area (Å²) in [6.07, 6.45) is 0. The number of rotatable bonds is 3. The molecule has 0 aliphatic heterocycles. The molecule has 0 atom stereocenters. The molecule has 0 saturated carbocycles. The molecule has 0 unspecified atom stereocenters. The molecule has 0 radical (unpaired) electrons. The molecule has 5 heteroatoms. The van der Waals surface area contributed by atoms with Crippen LogP contribution in [0.2, 0.25) is 0 Å². The van der Waals surface area contributed by atoms with Gasteiger partial charge >= 0.3 is 0 Å². The highest BCUT2D eigenvalue weighted by Crippen LogP contribution is 2.25. The van der Waals surface area contributed by atoms with Crippen molar-refractivity contribution in [1.29, 1.82) is 0 Å². The number of hydrogen-bond acceptors (Lipinski definition) is 5. The smallest absolute Gasteiger partial charge is 0.145 e. The van der Waals surface area contributed by atoms with E-state index in [1.54, 1.807) is 0 Å². The maximum Gasteiger partial charge on any atom is 0.145 e. The molecule has 1 aromatic carbocycles. The molecule has 5 nitrogen and oxygen atoms in total. The molecule has 0 spiro atoms. The van der Waals surface area contributed by atoms with Crippen molar-refractivity contribution in [1.82, 2.24) is 10.3 Å². The first-order chi connectivity index (χ1) is 8.08. The maximum atomic E-state index is 5.84. The average molecular weight is 233 g/mol. The van der Waals surface area contributed by atoms with Crippen molar-refractivity contribution in [3.63, 3.8) is 0 Å². The van der Waals surface area contributed by atoms with E-state index in [9.17, 15) is 0 Å². The van der Waals surface area contributed by atoms with E-state index in [-0.39, 0.29) is 0 Å². The Morgan fingerprint density at radius 3 is 2.59 bits per heavy atom. The molecule has 0 fully saturated rings. The number of hydrogen-bond donors (Lipinski definition) is 1. The van der Waals surface area contributed by atoms with Crippen LogP contribution in [-0.2, 0) is 6.61 Å². The number of aromatic nitrogens is 2. The third-order valence-electron chi connectivity index (χ3n) is 2.67. The molecule has 2 N–H and O–H groups in total. The second-order valence-corrected chi connectivity index (χ2v) is 4.06. The van der Waals surface area contributed by atoms with Gasteiger partial charge < -0.3 is 10.5 Å². The molecule has 2 rings (SSSR count). The van der Waals surface area contributed by atoms with E-state index in [0.29, 0.717) is 12.3 Å². The lowest BCUT2D eigenvalue weighted by atomic mass is 10.1. The first-order valence-electron chi connectivity index (χ1n) is 5.35. The van der Waals surface area contributed by atoms with E-state index in [2.05, 4.69) is 14.9 Å². The number of nitrogens with two attached hydrogens (primary N) is 1. The SMILES string of the molecule is Cc1cc(C)c(OCc2nonc2C)cc1N. The predicted octanol–water partition coefficient (Wildman–Crippen LogP) is 2.16. The number of anilines is 1. The van der Waals surface area contributed by atoms with Gasteiger partial charge in [0.1, 0.15) is 23.7 Å². The normalized spacial score (nSPS) is 10.5. The largest absolute Gasteiger partial charge is 0.487 e. The van der Waals surface area contributed by atoms with Crippen molar-refractivity contribution >= 4 is 5.69 Å². The van der Waals surface area contributed by atoms with E-state index in [4.69, 9.17) is 10.5 Å². The monoisotopic (exact) mass is 233 g/mol. The standard InChI is InChI=1S/C12H15N3O2/c1-7-4-8(2)12(5-10(7)13)16-6-11-9(3)14-17-15-11/h4-5H,6,13H2,1-3H3. The lowest BCUT2D eigenvalue weighted by Gasteiger charge is -2.10. The number of benzene rings is 1. The fourth-order valence-electron chi connectivity index (χ4n) is 1.53. The topological polar surface area (TPSA) is 74.2 Å². The summed E-state index contributed by atoms with van der Waals surface area (Å²) >= 11 is 0. The summed E-state index contributed by atoms with van der Waals surface area (Å²) in [6, 6.07) is 3.83. The van der Waals surface area contributed by atoms with Crippen molar-refractivity contribution in [3.05, 3.63) is 34.6 Å². The van der Waals surface area contributed by atoms with E-state index < -0.39 is 0 Å². The van der Waals surface area contributed by atoms with Crippen LogP contribution in [-0.4, -0.2) is 10.3 Å². The number of ether oxygens (including phenoxy) is 1. The quantitative estimate of drug-likeness (QED) is 0.822. The second-order valence-electron chi connectivity index (χ2n) is 4.06. The molecular weight excluding hydrogens is 218 g/mol. The lowest BCUT2D eigenvalue weighted by molar-refractivity contribution is 0.269. The Balaban J connectivity index is 2.14. The number of aryl methyl sites for hydroxylation is 3. The van der Waals surface area contributed by atoms with Gasteiger partial charge in [-0.2, -0.15) is 0 Å². The van der Waals surface area contributed by atoms with Crippen LogP contribution in [0.3, 0.4) is 0 Å². The third-order valence-corrected chi connectivity index (χ3v) is 2.67. The maximum absolute atomic E-state index is 5.84. The van der Waals surface area contributed by atoms with Crippen LogP contribution in [0, 0.1) is 20.8 Å². The Morgan fingerprint density at radius 2 is 1.94 bits per heavy atom. The first kappa shape index (κ1) is 11.4. The first-order valence-corrected chi connectivity index (χ1v) is 5.35. The van der Waals surface area contributed by atoms with Crippen molar-refractivity contribution < 1.29 is 9.37 Å². The van der Waals surface area contributed by atoms with Gasteiger partial charge in [0.25, 0.3) is 0 Å². The fraction of sp³-hybridized carbons (Fsp3) is 0.333. The van der Waals surface area contributed by atoms with Gasteiger partial charge in [0.05, 0.1) is 0 Å². The molecular formula is C12H15N3O2. The molecule has 0 saturated heterocycles. The van der Waals surface area contributed by atoms with Crippen LogP contribution in [0.15, 0.2) is 16.8 Å². The van der Waals surface area contributed by atoms with E-state index in [1.807, 2.05) is 32.9 Å². The molecule has 1 heterocycles. The van der Waals surface area contributed by atoms with Crippen molar-refractivity contribution in [2.45, 2.75) is 27.4 Å². The van der Waals surface area contributed by atoms with E-state index in [1.165, 1.54) is 0 Å². The van der Waals surface area contributed by atoms with E-state index >= 15 is 0 Å². The van der Waals surface area contributed by atoms with Crippen LogP contribution in [0.1, 0.15) is 22.5 Å². The van der Waals surface area contributed by atoms with Gasteiger partial charge in [0.2, 0.25) is 0 Å². The summed E-state index contributed by atoms with van der Waals surface area (Å²) < 4.78 is 10.3. The van der Waals surface area contributed by atoms with Crippen LogP contribution in [0.5, 0.6) is 5.75 Å². The van der Waals surface area contributed by atoms with Crippen LogP contribution < -0.4 is 10.5 Å². The summed E-state index contributed by atoms with van der Waals surface area (Å²) in [5.41, 5.74) is 10.1. The van der Waals surface area contributed by atoms with Crippen molar-refractivity contribution in [3.8, 4) is 5.75 Å². The minimum Gasteiger partial charge on any atom is -0.487 e. The second kappa shape index (κ2) is 4.45. The average Bonchev–Trinajstić information content (AvgIpc) is 2.68. The molecule has 0 aliphatic rings. The van der Waals surface area contributed by atoms with Gasteiger partial charge in [-0.3, -0.25) is 0 Å². The van der Waals surface area contributed by atoms with Gasteiger partial charge in [0, 0.05) is 11.8 Å². The number of nitrogens with zero attached hydrogens (tertiary/aromatic N) is 2. The van der Waals surface area contributed by atoms with E-state index in [0.717, 1.165) is 28.3 Å². The molecule has 2 aromatic rings. The molecule has 17 heavy (non-hydrogen) atoms. The fourth-order valence-corrected chi connectivity index (χ4v) is 1.53. The summed E-state index contributed by atoms with van der Waals surface area (Å²) in [5, 5.41) is 7.45. The summed E-state index contributed by atoms with van der Waals surface area (Å²) in [7, 11) is 0. The Labute approximate surface area is 99.5 Å². The Bertz CT molecular complexity index is 535. The Morgan fingerprint density at radius 1 is 1.18 bits per heavy atom. The van der Waals surface area contributed by atoms with Crippen molar-refractivity contribution in [2.75, 3.05) is 5.73 Å². The summed E-state index contributed by atoms with van der Waals surface area (Å²) in [6.45, 7) is 6.11.